The molecule has 1 N–H and O–H groups in total. The van der Waals surface area contributed by atoms with Gasteiger partial charge in [-0.3, -0.25) is 4.98 Å². The summed E-state index contributed by atoms with van der Waals surface area (Å²) in [5.41, 5.74) is 3.63. The van der Waals surface area contributed by atoms with E-state index in [1.807, 2.05) is 26.1 Å². The Labute approximate surface area is 124 Å². The molecule has 19 heavy (non-hydrogen) atoms. The van der Waals surface area contributed by atoms with Crippen molar-refractivity contribution in [2.75, 3.05) is 12.4 Å². The number of anilines is 1. The molecule has 2 rings (SSSR count). The number of aryl methyl sites for hydroxylation is 1. The largest absolute Gasteiger partial charge is 0.387 e. The van der Waals surface area contributed by atoms with Crippen molar-refractivity contribution in [3.8, 4) is 0 Å². The lowest BCUT2D eigenvalue weighted by atomic mass is 9.90. The van der Waals surface area contributed by atoms with Crippen molar-refractivity contribution in [3.63, 3.8) is 0 Å². The Hall–Kier alpha value is -0.990. The summed E-state index contributed by atoms with van der Waals surface area (Å²) < 4.78 is 0. The molecule has 1 aromatic carbocycles. The van der Waals surface area contributed by atoms with Crippen molar-refractivity contribution in [1.29, 1.82) is 0 Å². The number of pyridine rings is 1. The van der Waals surface area contributed by atoms with Crippen molar-refractivity contribution in [3.05, 3.63) is 33.4 Å². The van der Waals surface area contributed by atoms with E-state index in [0.717, 1.165) is 27.8 Å². The van der Waals surface area contributed by atoms with Gasteiger partial charge in [-0.05, 0) is 24.6 Å². The van der Waals surface area contributed by atoms with Gasteiger partial charge in [-0.2, -0.15) is 0 Å². The summed E-state index contributed by atoms with van der Waals surface area (Å²) in [5.74, 6) is 0. The molecule has 1 aromatic heterocycles. The molecule has 0 spiro atoms. The Bertz CT molecular complexity index is 643. The lowest BCUT2D eigenvalue weighted by molar-refractivity contribution is 0.572. The van der Waals surface area contributed by atoms with Gasteiger partial charge in [0.1, 0.15) is 0 Å². The van der Waals surface area contributed by atoms with E-state index < -0.39 is 0 Å². The van der Waals surface area contributed by atoms with E-state index in [2.05, 4.69) is 26.1 Å². The number of fused-ring (bicyclic) bond motifs is 1. The van der Waals surface area contributed by atoms with E-state index in [1.54, 1.807) is 0 Å². The molecule has 0 radical (unpaired) electrons. The molecule has 0 amide bonds. The van der Waals surface area contributed by atoms with Crippen LogP contribution in [0.25, 0.3) is 10.9 Å². The van der Waals surface area contributed by atoms with Crippen molar-refractivity contribution in [2.24, 2.45) is 0 Å². The van der Waals surface area contributed by atoms with Gasteiger partial charge in [0.15, 0.2) is 0 Å². The third-order valence-electron chi connectivity index (χ3n) is 3.19. The quantitative estimate of drug-likeness (QED) is 0.783. The molecule has 0 bridgehead atoms. The van der Waals surface area contributed by atoms with Crippen LogP contribution in [0.4, 0.5) is 5.69 Å². The molecular weight excluding hydrogens is 279 g/mol. The van der Waals surface area contributed by atoms with Gasteiger partial charge in [0.05, 0.1) is 15.6 Å². The maximum absolute atomic E-state index is 6.41. The zero-order chi connectivity index (χ0) is 14.4. The first kappa shape index (κ1) is 14.4. The average Bonchev–Trinajstić information content (AvgIpc) is 2.33. The zero-order valence-corrected chi connectivity index (χ0v) is 13.4. The molecule has 0 atom stereocenters. The molecular formula is C15H18Cl2N2. The molecule has 102 valence electrons. The van der Waals surface area contributed by atoms with Gasteiger partial charge >= 0.3 is 0 Å². The Kier molecular flexibility index (Phi) is 3.67. The van der Waals surface area contributed by atoms with Crippen LogP contribution in [-0.4, -0.2) is 12.0 Å². The van der Waals surface area contributed by atoms with Crippen LogP contribution >= 0.6 is 23.2 Å². The zero-order valence-electron chi connectivity index (χ0n) is 11.9. The van der Waals surface area contributed by atoms with Crippen LogP contribution in [-0.2, 0) is 5.41 Å². The van der Waals surface area contributed by atoms with Crippen LogP contribution in [0.5, 0.6) is 0 Å². The minimum Gasteiger partial charge on any atom is -0.387 e. The number of hydrogen-bond donors (Lipinski definition) is 1. The number of aromatic nitrogens is 1. The van der Waals surface area contributed by atoms with Crippen molar-refractivity contribution < 1.29 is 0 Å². The van der Waals surface area contributed by atoms with Gasteiger partial charge in [-0.25, -0.2) is 0 Å². The standard InChI is InChI=1S/C15H18Cl2N2/c1-8-6-9(16)14-12(13(8)17)10(18-5)7-11(19-14)15(2,3)4/h6-7H,1-5H3,(H,18,19). The molecule has 0 unspecified atom stereocenters. The predicted octanol–water partition coefficient (Wildman–Crippen LogP) is 5.19. The number of rotatable bonds is 1. The number of nitrogens with zero attached hydrogens (tertiary/aromatic N) is 1. The van der Waals surface area contributed by atoms with E-state index in [-0.39, 0.29) is 5.41 Å². The predicted molar refractivity (Wildman–Crippen MR) is 84.7 cm³/mol. The summed E-state index contributed by atoms with van der Waals surface area (Å²) in [7, 11) is 1.88. The molecule has 0 saturated carbocycles. The highest BCUT2D eigenvalue weighted by atomic mass is 35.5. The van der Waals surface area contributed by atoms with E-state index >= 15 is 0 Å². The highest BCUT2D eigenvalue weighted by Gasteiger charge is 2.20. The fourth-order valence-corrected chi connectivity index (χ4v) is 2.59. The number of nitrogens with one attached hydrogen (secondary N) is 1. The molecule has 0 saturated heterocycles. The fourth-order valence-electron chi connectivity index (χ4n) is 2.04. The number of hydrogen-bond acceptors (Lipinski definition) is 2. The molecule has 1 heterocycles. The monoisotopic (exact) mass is 296 g/mol. The maximum Gasteiger partial charge on any atom is 0.0927 e. The van der Waals surface area contributed by atoms with Gasteiger partial charge in [-0.1, -0.05) is 44.0 Å². The van der Waals surface area contributed by atoms with E-state index in [4.69, 9.17) is 28.2 Å². The van der Waals surface area contributed by atoms with Crippen LogP contribution in [0.15, 0.2) is 12.1 Å². The summed E-state index contributed by atoms with van der Waals surface area (Å²) in [6.07, 6.45) is 0. The number of halogens is 2. The lowest BCUT2D eigenvalue weighted by Gasteiger charge is -2.21. The maximum atomic E-state index is 6.41. The first-order valence-electron chi connectivity index (χ1n) is 6.23. The second-order valence-electron chi connectivity index (χ2n) is 5.77. The Morgan fingerprint density at radius 1 is 1.16 bits per heavy atom. The summed E-state index contributed by atoms with van der Waals surface area (Å²) in [4.78, 5) is 4.70. The molecule has 4 heteroatoms. The van der Waals surface area contributed by atoms with Crippen molar-refractivity contribution in [2.45, 2.75) is 33.1 Å². The van der Waals surface area contributed by atoms with Crippen molar-refractivity contribution >= 4 is 39.8 Å². The molecule has 0 aliphatic carbocycles. The Morgan fingerprint density at radius 3 is 2.32 bits per heavy atom. The fraction of sp³-hybridized carbons (Fsp3) is 0.400. The van der Waals surface area contributed by atoms with Crippen molar-refractivity contribution in [1.82, 2.24) is 4.98 Å². The summed E-state index contributed by atoms with van der Waals surface area (Å²) in [6, 6.07) is 3.91. The van der Waals surface area contributed by atoms with Crippen LogP contribution in [0.1, 0.15) is 32.0 Å². The van der Waals surface area contributed by atoms with Gasteiger partial charge in [0.25, 0.3) is 0 Å². The first-order chi connectivity index (χ1) is 8.75. The van der Waals surface area contributed by atoms with Crippen LogP contribution in [0.2, 0.25) is 10.0 Å². The van der Waals surface area contributed by atoms with E-state index in [0.29, 0.717) is 10.0 Å². The topological polar surface area (TPSA) is 24.9 Å². The van der Waals surface area contributed by atoms with E-state index in [9.17, 15) is 0 Å². The third kappa shape index (κ3) is 2.52. The molecule has 2 nitrogen and oxygen atoms in total. The molecule has 0 aliphatic heterocycles. The van der Waals surface area contributed by atoms with E-state index in [1.165, 1.54) is 0 Å². The molecule has 0 aliphatic rings. The third-order valence-corrected chi connectivity index (χ3v) is 3.97. The summed E-state index contributed by atoms with van der Waals surface area (Å²) in [5, 5.41) is 5.43. The number of benzene rings is 1. The highest BCUT2D eigenvalue weighted by Crippen LogP contribution is 2.38. The second-order valence-corrected chi connectivity index (χ2v) is 6.55. The molecule has 0 fully saturated rings. The minimum absolute atomic E-state index is 0.0412. The SMILES string of the molecule is CNc1cc(C(C)(C)C)nc2c(Cl)cc(C)c(Cl)c12. The van der Waals surface area contributed by atoms with Crippen LogP contribution < -0.4 is 5.32 Å². The van der Waals surface area contributed by atoms with Gasteiger partial charge in [0, 0.05) is 29.2 Å². The van der Waals surface area contributed by atoms with Crippen LogP contribution in [0, 0.1) is 6.92 Å². The van der Waals surface area contributed by atoms with Crippen LogP contribution in [0.3, 0.4) is 0 Å². The summed E-state index contributed by atoms with van der Waals surface area (Å²) in [6.45, 7) is 8.34. The summed E-state index contributed by atoms with van der Waals surface area (Å²) >= 11 is 12.7. The average molecular weight is 297 g/mol. The second kappa shape index (κ2) is 4.84. The van der Waals surface area contributed by atoms with Gasteiger partial charge < -0.3 is 5.32 Å². The molecule has 2 aromatic rings. The van der Waals surface area contributed by atoms with Gasteiger partial charge in [0.2, 0.25) is 0 Å². The van der Waals surface area contributed by atoms with Gasteiger partial charge in [-0.15, -0.1) is 0 Å². The first-order valence-corrected chi connectivity index (χ1v) is 6.99. The normalized spacial score (nSPS) is 11.9. The minimum atomic E-state index is -0.0412. The highest BCUT2D eigenvalue weighted by molar-refractivity contribution is 6.41. The lowest BCUT2D eigenvalue weighted by Crippen LogP contribution is -2.14. The Morgan fingerprint density at radius 2 is 1.79 bits per heavy atom. The smallest absolute Gasteiger partial charge is 0.0927 e. The Balaban J connectivity index is 2.93.